The molecule has 11 unspecified atom stereocenters. The molecule has 2 aliphatic rings. The molecule has 11 atom stereocenters. The second-order valence-corrected chi connectivity index (χ2v) is 15.1. The lowest BCUT2D eigenvalue weighted by molar-refractivity contribution is -0.120. The Balaban J connectivity index is 2.54. The largest absolute Gasteiger partial charge is 0.386 e. The Hall–Kier alpha value is -1.85. The monoisotopic (exact) mass is 612 g/mol. The first-order valence-corrected chi connectivity index (χ1v) is 17.6. The van der Waals surface area contributed by atoms with Crippen LogP contribution in [0.4, 0.5) is 0 Å². The van der Waals surface area contributed by atoms with Gasteiger partial charge in [-0.25, -0.2) is 0 Å². The van der Waals surface area contributed by atoms with Crippen LogP contribution in [0.2, 0.25) is 0 Å². The van der Waals surface area contributed by atoms with Crippen molar-refractivity contribution < 1.29 is 9.53 Å². The molecule has 2 rings (SSSR count). The lowest BCUT2D eigenvalue weighted by atomic mass is 9.69. The van der Waals surface area contributed by atoms with Gasteiger partial charge in [0, 0.05) is 31.2 Å². The highest BCUT2D eigenvalue weighted by molar-refractivity contribution is 5.73. The van der Waals surface area contributed by atoms with Crippen LogP contribution in [0.1, 0.15) is 107 Å². The minimum Gasteiger partial charge on any atom is -0.386 e. The fraction of sp³-hybridized carbons (Fsp3) is 0.769. The molecule has 2 N–H and O–H groups in total. The number of hydrogen-bond acceptors (Lipinski definition) is 4. The molecule has 0 spiro atoms. The number of carbonyl (C=O) groups excluding carboxylic acids is 1. The van der Waals surface area contributed by atoms with Crippen molar-refractivity contribution in [3.63, 3.8) is 0 Å². The molecular formula is C39H69N3O2. The van der Waals surface area contributed by atoms with Crippen molar-refractivity contribution in [2.45, 2.75) is 132 Å². The first-order valence-electron chi connectivity index (χ1n) is 17.6. The molecule has 1 heterocycles. The first-order chi connectivity index (χ1) is 20.5. The second-order valence-electron chi connectivity index (χ2n) is 15.1. The minimum atomic E-state index is 0.0449. The van der Waals surface area contributed by atoms with E-state index in [1.54, 1.807) is 6.92 Å². The van der Waals surface area contributed by atoms with E-state index >= 15 is 0 Å². The quantitative estimate of drug-likeness (QED) is 0.270. The van der Waals surface area contributed by atoms with E-state index in [4.69, 9.17) is 4.74 Å². The third-order valence-corrected chi connectivity index (χ3v) is 11.2. The van der Waals surface area contributed by atoms with Gasteiger partial charge >= 0.3 is 0 Å². The minimum absolute atomic E-state index is 0.0449. The van der Waals surface area contributed by atoms with Gasteiger partial charge in [-0.05, 0) is 108 Å². The van der Waals surface area contributed by atoms with Crippen molar-refractivity contribution in [2.75, 3.05) is 20.6 Å². The molecule has 44 heavy (non-hydrogen) atoms. The van der Waals surface area contributed by atoms with Crippen molar-refractivity contribution >= 4 is 5.91 Å². The Kier molecular flexibility index (Phi) is 15.5. The summed E-state index contributed by atoms with van der Waals surface area (Å²) in [7, 11) is 4.41. The van der Waals surface area contributed by atoms with Crippen LogP contribution in [-0.4, -0.2) is 55.7 Å². The zero-order chi connectivity index (χ0) is 33.3. The summed E-state index contributed by atoms with van der Waals surface area (Å²) >= 11 is 0. The maximum atomic E-state index is 12.6. The predicted molar refractivity (Wildman–Crippen MR) is 189 cm³/mol. The van der Waals surface area contributed by atoms with Gasteiger partial charge in [-0.3, -0.25) is 4.79 Å². The van der Waals surface area contributed by atoms with Gasteiger partial charge in [-0.2, -0.15) is 0 Å². The highest BCUT2D eigenvalue weighted by Gasteiger charge is 2.36. The maximum Gasteiger partial charge on any atom is 0.217 e. The Morgan fingerprint density at radius 1 is 0.977 bits per heavy atom. The number of ether oxygens (including phenoxy) is 1. The maximum absolute atomic E-state index is 12.6. The summed E-state index contributed by atoms with van der Waals surface area (Å²) in [5, 5.41) is 6.85. The molecule has 1 saturated carbocycles. The number of nitrogens with one attached hydrogen (secondary N) is 2. The number of hydrogen-bond donors (Lipinski definition) is 2. The summed E-state index contributed by atoms with van der Waals surface area (Å²) in [4.78, 5) is 15.0. The van der Waals surface area contributed by atoms with E-state index in [9.17, 15) is 4.79 Å². The van der Waals surface area contributed by atoms with Crippen molar-refractivity contribution in [1.82, 2.24) is 15.5 Å². The molecule has 0 bridgehead atoms. The number of allylic oxidation sites excluding steroid dienone is 3. The van der Waals surface area contributed by atoms with Crippen molar-refractivity contribution in [1.29, 1.82) is 0 Å². The second kappa shape index (κ2) is 17.7. The summed E-state index contributed by atoms with van der Waals surface area (Å²) in [6, 6.07) is 0.615. The average Bonchev–Trinajstić information content (AvgIpc) is 2.94. The highest BCUT2D eigenvalue weighted by atomic mass is 16.5. The van der Waals surface area contributed by atoms with Crippen molar-refractivity contribution in [2.24, 2.45) is 41.4 Å². The van der Waals surface area contributed by atoms with E-state index in [2.05, 4.69) is 104 Å². The van der Waals surface area contributed by atoms with Gasteiger partial charge in [-0.1, -0.05) is 90.5 Å². The molecule has 252 valence electrons. The Labute approximate surface area is 272 Å². The third kappa shape index (κ3) is 11.2. The summed E-state index contributed by atoms with van der Waals surface area (Å²) in [6.45, 7) is 34.1. The van der Waals surface area contributed by atoms with Gasteiger partial charge in [0.05, 0.1) is 12.2 Å². The van der Waals surface area contributed by atoms with Crippen LogP contribution >= 0.6 is 0 Å². The van der Waals surface area contributed by atoms with Gasteiger partial charge in [0.15, 0.2) is 0 Å². The van der Waals surface area contributed by atoms with Crippen molar-refractivity contribution in [3.8, 4) is 0 Å². The summed E-state index contributed by atoms with van der Waals surface area (Å²) in [6.07, 6.45) is 10.3. The molecule has 0 aromatic heterocycles. The summed E-state index contributed by atoms with van der Waals surface area (Å²) in [5.41, 5.74) is 4.98. The standard InChI is InChI=1S/C39H69N3O2/c1-15-34-19-25(4)30(9)26(5)20-35(22-37-23-36(42(13)14)21-29(8)44-37)27(6)18-28(7)38(16-17-40-24(2)3)32(11)39(31(34)10)41-33(12)43/h16,27-32,34-37,39-40H,2,4-5,15,17-23H2,1,3,6-14H3,(H,41,43)/b38-16+. The molecule has 1 saturated heterocycles. The molecule has 0 aromatic carbocycles. The van der Waals surface area contributed by atoms with Crippen LogP contribution in [0.5, 0.6) is 0 Å². The van der Waals surface area contributed by atoms with Crippen LogP contribution in [0.25, 0.3) is 0 Å². The fourth-order valence-electron chi connectivity index (χ4n) is 8.18. The SMILES string of the molecule is C=C(C)NC/C=C1\C(C)CC(C)C(CC2CC(N(C)C)CC(C)O2)CC(=C)C(C)C(=C)CC(CC)C(C)C(NC(C)=O)C1C. The van der Waals surface area contributed by atoms with Gasteiger partial charge in [0.25, 0.3) is 0 Å². The van der Waals surface area contributed by atoms with E-state index in [-0.39, 0.29) is 36.0 Å². The van der Waals surface area contributed by atoms with E-state index < -0.39 is 0 Å². The average molecular weight is 612 g/mol. The lowest BCUT2D eigenvalue weighted by Gasteiger charge is -2.41. The van der Waals surface area contributed by atoms with Crippen LogP contribution < -0.4 is 10.6 Å². The van der Waals surface area contributed by atoms with Crippen molar-refractivity contribution in [3.05, 3.63) is 48.2 Å². The fourth-order valence-corrected chi connectivity index (χ4v) is 8.18. The highest BCUT2D eigenvalue weighted by Crippen LogP contribution is 2.41. The molecule has 5 nitrogen and oxygen atoms in total. The molecule has 1 aliphatic carbocycles. The van der Waals surface area contributed by atoms with Gasteiger partial charge in [-0.15, -0.1) is 0 Å². The van der Waals surface area contributed by atoms with Gasteiger partial charge in [0.2, 0.25) is 5.91 Å². The van der Waals surface area contributed by atoms with Gasteiger partial charge < -0.3 is 20.3 Å². The summed E-state index contributed by atoms with van der Waals surface area (Å²) < 4.78 is 6.60. The predicted octanol–water partition coefficient (Wildman–Crippen LogP) is 8.55. The number of nitrogens with zero attached hydrogens (tertiary/aromatic N) is 1. The third-order valence-electron chi connectivity index (χ3n) is 11.2. The van der Waals surface area contributed by atoms with Crippen LogP contribution in [0, 0.1) is 41.4 Å². The van der Waals surface area contributed by atoms with E-state index in [1.807, 2.05) is 6.92 Å². The Morgan fingerprint density at radius 3 is 2.14 bits per heavy atom. The molecule has 1 amide bonds. The number of rotatable bonds is 8. The van der Waals surface area contributed by atoms with Crippen LogP contribution in [0.15, 0.2) is 48.2 Å². The van der Waals surface area contributed by atoms with E-state index in [0.29, 0.717) is 35.6 Å². The van der Waals surface area contributed by atoms with Gasteiger partial charge in [0.1, 0.15) is 0 Å². The molecule has 1 aliphatic heterocycles. The Morgan fingerprint density at radius 2 is 1.59 bits per heavy atom. The molecule has 2 fully saturated rings. The van der Waals surface area contributed by atoms with E-state index in [0.717, 1.165) is 57.2 Å². The number of amides is 1. The molecule has 0 aromatic rings. The summed E-state index contributed by atoms with van der Waals surface area (Å²) in [5.74, 6) is 2.62. The van der Waals surface area contributed by atoms with E-state index in [1.165, 1.54) is 16.7 Å². The number of carbonyl (C=O) groups is 1. The zero-order valence-electron chi connectivity index (χ0n) is 30.5. The Bertz CT molecular complexity index is 999. The normalized spacial score (nSPS) is 37.5. The molecular weight excluding hydrogens is 542 g/mol. The van der Waals surface area contributed by atoms with Crippen LogP contribution in [-0.2, 0) is 9.53 Å². The topological polar surface area (TPSA) is 53.6 Å². The van der Waals surface area contributed by atoms with Crippen LogP contribution in [0.3, 0.4) is 0 Å². The smallest absolute Gasteiger partial charge is 0.217 e. The molecule has 5 heteroatoms. The lowest BCUT2D eigenvalue weighted by Crippen LogP contribution is -2.46. The molecule has 0 radical (unpaired) electrons. The first kappa shape index (κ1) is 38.3. The zero-order valence-corrected chi connectivity index (χ0v) is 30.5.